The van der Waals surface area contributed by atoms with E-state index in [1.807, 2.05) is 24.3 Å². The molecule has 2 aliphatic rings. The van der Waals surface area contributed by atoms with Gasteiger partial charge in [0.1, 0.15) is 6.61 Å². The number of carboxylic acid groups (broad SMARTS) is 1. The zero-order valence-corrected chi connectivity index (χ0v) is 19.0. The van der Waals surface area contributed by atoms with Crippen LogP contribution in [0.15, 0.2) is 48.5 Å². The lowest BCUT2D eigenvalue weighted by Crippen LogP contribution is -2.48. The van der Waals surface area contributed by atoms with Crippen LogP contribution in [0, 0.1) is 5.92 Å². The van der Waals surface area contributed by atoms with Crippen molar-refractivity contribution in [3.8, 4) is 11.1 Å². The number of aliphatic carboxylic acids is 1. The first kappa shape index (κ1) is 22.8. The molecule has 1 saturated carbocycles. The highest BCUT2D eigenvalue weighted by atomic mass is 16.5. The Labute approximate surface area is 193 Å². The predicted octanol–water partition coefficient (Wildman–Crippen LogP) is 4.06. The largest absolute Gasteiger partial charge is 0.481 e. The number of ether oxygens (including phenoxy) is 1. The Morgan fingerprint density at radius 1 is 1.00 bits per heavy atom. The molecule has 4 rings (SSSR count). The van der Waals surface area contributed by atoms with Gasteiger partial charge in [-0.1, -0.05) is 48.5 Å². The van der Waals surface area contributed by atoms with Crippen LogP contribution in [0.5, 0.6) is 0 Å². The number of benzene rings is 2. The SMILES string of the molecule is CC(C)(CC(=O)O)NC(=O)CC1CC(NC(=O)OCC2c3ccccc3-c3ccccc32)C1. The molecule has 2 amide bonds. The zero-order chi connectivity index (χ0) is 23.6. The highest BCUT2D eigenvalue weighted by Gasteiger charge is 2.34. The summed E-state index contributed by atoms with van der Waals surface area (Å²) in [6.45, 7) is 3.67. The zero-order valence-electron chi connectivity index (χ0n) is 19.0. The molecular formula is C26H30N2O5. The first-order chi connectivity index (χ1) is 15.7. The van der Waals surface area contributed by atoms with Gasteiger partial charge in [-0.2, -0.15) is 0 Å². The van der Waals surface area contributed by atoms with Crippen molar-refractivity contribution in [2.75, 3.05) is 6.61 Å². The first-order valence-electron chi connectivity index (χ1n) is 11.4. The topological polar surface area (TPSA) is 105 Å². The summed E-state index contributed by atoms with van der Waals surface area (Å²) in [5.41, 5.74) is 3.94. The van der Waals surface area contributed by atoms with Gasteiger partial charge in [0.2, 0.25) is 5.91 Å². The van der Waals surface area contributed by atoms with E-state index in [0.717, 1.165) is 0 Å². The predicted molar refractivity (Wildman–Crippen MR) is 124 cm³/mol. The maximum absolute atomic E-state index is 12.4. The van der Waals surface area contributed by atoms with E-state index in [2.05, 4.69) is 34.9 Å². The molecule has 0 heterocycles. The van der Waals surface area contributed by atoms with Crippen LogP contribution in [-0.2, 0) is 14.3 Å². The lowest BCUT2D eigenvalue weighted by Gasteiger charge is -2.36. The van der Waals surface area contributed by atoms with Gasteiger partial charge in [-0.3, -0.25) is 9.59 Å². The van der Waals surface area contributed by atoms with Crippen LogP contribution < -0.4 is 10.6 Å². The summed E-state index contributed by atoms with van der Waals surface area (Å²) >= 11 is 0. The minimum absolute atomic E-state index is 0.00881. The Balaban J connectivity index is 1.22. The number of alkyl carbamates (subject to hydrolysis) is 1. The average Bonchev–Trinajstić information content (AvgIpc) is 3.03. The smallest absolute Gasteiger partial charge is 0.407 e. The van der Waals surface area contributed by atoms with Gasteiger partial charge < -0.3 is 20.5 Å². The van der Waals surface area contributed by atoms with E-state index in [0.29, 0.717) is 19.3 Å². The molecule has 0 spiro atoms. The van der Waals surface area contributed by atoms with E-state index < -0.39 is 17.6 Å². The van der Waals surface area contributed by atoms with E-state index in [1.165, 1.54) is 22.3 Å². The van der Waals surface area contributed by atoms with Crippen molar-refractivity contribution >= 4 is 18.0 Å². The molecule has 0 saturated heterocycles. The van der Waals surface area contributed by atoms with E-state index in [9.17, 15) is 14.4 Å². The molecule has 2 aromatic carbocycles. The Morgan fingerprint density at radius 2 is 1.58 bits per heavy atom. The second-order valence-electron chi connectivity index (χ2n) is 9.71. The fraction of sp³-hybridized carbons (Fsp3) is 0.423. The fourth-order valence-corrected chi connectivity index (χ4v) is 4.94. The third-order valence-electron chi connectivity index (χ3n) is 6.45. The second-order valence-corrected chi connectivity index (χ2v) is 9.71. The summed E-state index contributed by atoms with van der Waals surface area (Å²) in [5.74, 6) is -0.915. The second kappa shape index (κ2) is 9.25. The van der Waals surface area contributed by atoms with E-state index >= 15 is 0 Å². The third kappa shape index (κ3) is 5.35. The Hall–Kier alpha value is -3.35. The quantitative estimate of drug-likeness (QED) is 0.563. The number of carboxylic acids is 1. The highest BCUT2D eigenvalue weighted by Crippen LogP contribution is 2.44. The van der Waals surface area contributed by atoms with Crippen LogP contribution >= 0.6 is 0 Å². The molecule has 0 bridgehead atoms. The number of fused-ring (bicyclic) bond motifs is 3. The van der Waals surface area contributed by atoms with Gasteiger partial charge >= 0.3 is 12.1 Å². The molecule has 0 aliphatic heterocycles. The van der Waals surface area contributed by atoms with Crippen molar-refractivity contribution in [1.82, 2.24) is 10.6 Å². The molecule has 2 aliphatic carbocycles. The van der Waals surface area contributed by atoms with E-state index in [1.54, 1.807) is 13.8 Å². The van der Waals surface area contributed by atoms with E-state index in [-0.39, 0.29) is 36.8 Å². The first-order valence-corrected chi connectivity index (χ1v) is 11.4. The van der Waals surface area contributed by atoms with Gasteiger partial charge in [0.25, 0.3) is 0 Å². The van der Waals surface area contributed by atoms with Gasteiger partial charge in [-0.15, -0.1) is 0 Å². The van der Waals surface area contributed by atoms with Gasteiger partial charge in [0, 0.05) is 23.9 Å². The maximum Gasteiger partial charge on any atom is 0.407 e. The monoisotopic (exact) mass is 450 g/mol. The number of nitrogens with one attached hydrogen (secondary N) is 2. The number of rotatable bonds is 8. The molecule has 2 aromatic rings. The van der Waals surface area contributed by atoms with Crippen LogP contribution in [0.2, 0.25) is 0 Å². The molecular weight excluding hydrogens is 420 g/mol. The number of carbonyl (C=O) groups is 3. The summed E-state index contributed by atoms with van der Waals surface area (Å²) < 4.78 is 5.58. The number of hydrogen-bond donors (Lipinski definition) is 3. The van der Waals surface area contributed by atoms with Crippen LogP contribution in [0.1, 0.15) is 56.6 Å². The molecule has 7 heteroatoms. The molecule has 7 nitrogen and oxygen atoms in total. The van der Waals surface area contributed by atoms with Crippen molar-refractivity contribution in [2.24, 2.45) is 5.92 Å². The normalized spacial score (nSPS) is 19.1. The minimum atomic E-state index is -0.948. The van der Waals surface area contributed by atoms with Gasteiger partial charge in [0.05, 0.1) is 6.42 Å². The summed E-state index contributed by atoms with van der Waals surface area (Å²) in [5, 5.41) is 14.6. The number of amides is 2. The Morgan fingerprint density at radius 3 is 2.15 bits per heavy atom. The van der Waals surface area contributed by atoms with Gasteiger partial charge in [0.15, 0.2) is 0 Å². The molecule has 1 fully saturated rings. The van der Waals surface area contributed by atoms with Crippen molar-refractivity contribution in [3.05, 3.63) is 59.7 Å². The van der Waals surface area contributed by atoms with Crippen LogP contribution in [0.25, 0.3) is 11.1 Å². The molecule has 0 unspecified atom stereocenters. The van der Waals surface area contributed by atoms with Crippen LogP contribution in [0.4, 0.5) is 4.79 Å². The summed E-state index contributed by atoms with van der Waals surface area (Å²) in [6.07, 6.45) is 1.17. The minimum Gasteiger partial charge on any atom is -0.481 e. The van der Waals surface area contributed by atoms with Crippen molar-refractivity contribution in [1.29, 1.82) is 0 Å². The number of hydrogen-bond acceptors (Lipinski definition) is 4. The maximum atomic E-state index is 12.4. The van der Waals surface area contributed by atoms with Crippen molar-refractivity contribution in [3.63, 3.8) is 0 Å². The number of carbonyl (C=O) groups excluding carboxylic acids is 2. The molecule has 33 heavy (non-hydrogen) atoms. The lowest BCUT2D eigenvalue weighted by atomic mass is 9.78. The van der Waals surface area contributed by atoms with E-state index in [4.69, 9.17) is 9.84 Å². The highest BCUT2D eigenvalue weighted by molar-refractivity contribution is 5.79. The Bertz CT molecular complexity index is 1010. The molecule has 0 radical (unpaired) electrons. The Kier molecular flexibility index (Phi) is 6.40. The standard InChI is InChI=1S/C26H30N2O5/c1-26(2,14-24(30)31)28-23(29)13-16-11-17(12-16)27-25(32)33-15-22-20-9-5-3-7-18(20)19-8-4-6-10-21(19)22/h3-10,16-17,22H,11-15H2,1-2H3,(H,27,32)(H,28,29)(H,30,31). The molecule has 0 atom stereocenters. The van der Waals surface area contributed by atoms with Crippen molar-refractivity contribution in [2.45, 2.75) is 57.0 Å². The van der Waals surface area contributed by atoms with Crippen LogP contribution in [-0.4, -0.2) is 41.3 Å². The van der Waals surface area contributed by atoms with Crippen molar-refractivity contribution < 1.29 is 24.2 Å². The third-order valence-corrected chi connectivity index (χ3v) is 6.45. The van der Waals surface area contributed by atoms with Gasteiger partial charge in [-0.25, -0.2) is 4.79 Å². The lowest BCUT2D eigenvalue weighted by molar-refractivity contribution is -0.138. The van der Waals surface area contributed by atoms with Crippen LogP contribution in [0.3, 0.4) is 0 Å². The summed E-state index contributed by atoms with van der Waals surface area (Å²) in [6, 6.07) is 16.4. The summed E-state index contributed by atoms with van der Waals surface area (Å²) in [7, 11) is 0. The fourth-order valence-electron chi connectivity index (χ4n) is 4.94. The molecule has 174 valence electrons. The molecule has 0 aromatic heterocycles. The summed E-state index contributed by atoms with van der Waals surface area (Å²) in [4.78, 5) is 35.5. The molecule has 3 N–H and O–H groups in total. The van der Waals surface area contributed by atoms with Gasteiger partial charge in [-0.05, 0) is 54.9 Å². The average molecular weight is 451 g/mol.